The first kappa shape index (κ1) is 8.91. The molecule has 0 radical (unpaired) electrons. The van der Waals surface area contributed by atoms with Crippen LogP contribution >= 0.6 is 11.8 Å². The molecule has 2 atom stereocenters. The Kier molecular flexibility index (Phi) is 3.24. The predicted molar refractivity (Wildman–Crippen MR) is 46.9 cm³/mol. The summed E-state index contributed by atoms with van der Waals surface area (Å²) >= 11 is 1.79. The smallest absolute Gasteiger partial charge is 0.307 e. The summed E-state index contributed by atoms with van der Waals surface area (Å²) in [5.41, 5.74) is 0. The van der Waals surface area contributed by atoms with E-state index in [0.717, 1.165) is 25.0 Å². The highest BCUT2D eigenvalue weighted by molar-refractivity contribution is 7.99. The minimum Gasteiger partial charge on any atom is -0.481 e. The maximum atomic E-state index is 10.7. The van der Waals surface area contributed by atoms with Crippen molar-refractivity contribution in [2.45, 2.75) is 31.4 Å². The monoisotopic (exact) mass is 174 g/mol. The van der Waals surface area contributed by atoms with Gasteiger partial charge in [-0.2, -0.15) is 11.8 Å². The topological polar surface area (TPSA) is 37.3 Å². The Bertz CT molecular complexity index is 147. The molecule has 1 N–H and O–H groups in total. The van der Waals surface area contributed by atoms with Crippen LogP contribution < -0.4 is 0 Å². The van der Waals surface area contributed by atoms with Crippen LogP contribution in [0.3, 0.4) is 0 Å². The maximum absolute atomic E-state index is 10.7. The fourth-order valence-corrected chi connectivity index (χ4v) is 2.87. The van der Waals surface area contributed by atoms with Crippen LogP contribution in [0.2, 0.25) is 0 Å². The average Bonchev–Trinajstić information content (AvgIpc) is 2.36. The van der Waals surface area contributed by atoms with Gasteiger partial charge in [0.2, 0.25) is 0 Å². The minimum absolute atomic E-state index is 0.0695. The summed E-state index contributed by atoms with van der Waals surface area (Å²) in [5.74, 6) is 0.363. The molecular formula is C8H14O2S. The molecule has 0 amide bonds. The zero-order chi connectivity index (χ0) is 8.27. The third-order valence-corrected chi connectivity index (χ3v) is 3.48. The van der Waals surface area contributed by atoms with Crippen LogP contribution in [0.15, 0.2) is 0 Å². The van der Waals surface area contributed by atoms with E-state index in [1.54, 1.807) is 11.8 Å². The second-order valence-corrected chi connectivity index (χ2v) is 4.39. The van der Waals surface area contributed by atoms with Crippen molar-refractivity contribution in [1.82, 2.24) is 0 Å². The molecule has 0 saturated heterocycles. The van der Waals surface area contributed by atoms with Crippen molar-refractivity contribution in [3.05, 3.63) is 0 Å². The van der Waals surface area contributed by atoms with E-state index in [1.807, 2.05) is 0 Å². The standard InChI is InChI=1S/C8H14O2S/c1-2-11-7-5-3-4-6(7)8(9)10/h6-7H,2-5H2,1H3,(H,9,10). The highest BCUT2D eigenvalue weighted by Gasteiger charge is 2.32. The Morgan fingerprint density at radius 2 is 2.36 bits per heavy atom. The minimum atomic E-state index is -0.603. The first-order chi connectivity index (χ1) is 5.25. The molecule has 1 fully saturated rings. The van der Waals surface area contributed by atoms with Crippen molar-refractivity contribution >= 4 is 17.7 Å². The lowest BCUT2D eigenvalue weighted by molar-refractivity contribution is -0.141. The van der Waals surface area contributed by atoms with Crippen molar-refractivity contribution in [3.8, 4) is 0 Å². The molecule has 1 rings (SSSR count). The molecule has 0 aromatic heterocycles. The molecule has 0 aliphatic heterocycles. The van der Waals surface area contributed by atoms with Crippen LogP contribution in [-0.2, 0) is 4.79 Å². The molecule has 11 heavy (non-hydrogen) atoms. The number of aliphatic carboxylic acids is 1. The molecule has 0 spiro atoms. The van der Waals surface area contributed by atoms with Crippen molar-refractivity contribution < 1.29 is 9.90 Å². The molecule has 0 aromatic rings. The third-order valence-electron chi connectivity index (χ3n) is 2.15. The van der Waals surface area contributed by atoms with E-state index in [2.05, 4.69) is 6.92 Å². The molecule has 0 aromatic carbocycles. The van der Waals surface area contributed by atoms with Crippen LogP contribution in [0.5, 0.6) is 0 Å². The number of thioether (sulfide) groups is 1. The van der Waals surface area contributed by atoms with Crippen LogP contribution in [-0.4, -0.2) is 22.1 Å². The lowest BCUT2D eigenvalue weighted by Crippen LogP contribution is -2.20. The van der Waals surface area contributed by atoms with Gasteiger partial charge in [0.15, 0.2) is 0 Å². The Balaban J connectivity index is 2.44. The van der Waals surface area contributed by atoms with Crippen molar-refractivity contribution in [1.29, 1.82) is 0 Å². The molecule has 2 unspecified atom stereocenters. The summed E-state index contributed by atoms with van der Waals surface area (Å²) < 4.78 is 0. The Labute approximate surface area is 71.4 Å². The molecule has 3 heteroatoms. The zero-order valence-corrected chi connectivity index (χ0v) is 7.56. The largest absolute Gasteiger partial charge is 0.481 e. The fraction of sp³-hybridized carbons (Fsp3) is 0.875. The normalized spacial score (nSPS) is 30.6. The maximum Gasteiger partial charge on any atom is 0.307 e. The summed E-state index contributed by atoms with van der Waals surface area (Å²) in [5, 5.41) is 9.18. The van der Waals surface area contributed by atoms with E-state index in [1.165, 1.54) is 0 Å². The quantitative estimate of drug-likeness (QED) is 0.711. The molecule has 64 valence electrons. The number of hydrogen-bond donors (Lipinski definition) is 1. The van der Waals surface area contributed by atoms with E-state index in [9.17, 15) is 4.79 Å². The molecular weight excluding hydrogens is 160 g/mol. The Morgan fingerprint density at radius 3 is 2.91 bits per heavy atom. The highest BCUT2D eigenvalue weighted by Crippen LogP contribution is 2.34. The van der Waals surface area contributed by atoms with Crippen LogP contribution in [0, 0.1) is 5.92 Å². The molecule has 1 saturated carbocycles. The second-order valence-electron chi connectivity index (χ2n) is 2.87. The van der Waals surface area contributed by atoms with Gasteiger partial charge >= 0.3 is 5.97 Å². The van der Waals surface area contributed by atoms with E-state index < -0.39 is 5.97 Å². The van der Waals surface area contributed by atoms with Gasteiger partial charge in [-0.15, -0.1) is 0 Å². The van der Waals surface area contributed by atoms with Gasteiger partial charge in [0, 0.05) is 5.25 Å². The molecule has 0 heterocycles. The summed E-state index contributed by atoms with van der Waals surface area (Å²) in [7, 11) is 0. The average molecular weight is 174 g/mol. The molecule has 1 aliphatic rings. The summed E-state index contributed by atoms with van der Waals surface area (Å²) in [6.45, 7) is 2.09. The van der Waals surface area contributed by atoms with E-state index in [0.29, 0.717) is 5.25 Å². The lowest BCUT2D eigenvalue weighted by Gasteiger charge is -2.13. The van der Waals surface area contributed by atoms with Gasteiger partial charge < -0.3 is 5.11 Å². The first-order valence-corrected chi connectivity index (χ1v) is 5.15. The van der Waals surface area contributed by atoms with Gasteiger partial charge in [-0.3, -0.25) is 4.79 Å². The van der Waals surface area contributed by atoms with Gasteiger partial charge in [-0.05, 0) is 18.6 Å². The summed E-state index contributed by atoms with van der Waals surface area (Å²) in [6, 6.07) is 0. The number of carboxylic acid groups (broad SMARTS) is 1. The van der Waals surface area contributed by atoms with E-state index >= 15 is 0 Å². The van der Waals surface area contributed by atoms with E-state index in [-0.39, 0.29) is 5.92 Å². The molecule has 0 bridgehead atoms. The number of carboxylic acids is 1. The van der Waals surface area contributed by atoms with Gasteiger partial charge in [0.25, 0.3) is 0 Å². The van der Waals surface area contributed by atoms with Crippen LogP contribution in [0.4, 0.5) is 0 Å². The zero-order valence-electron chi connectivity index (χ0n) is 6.75. The SMILES string of the molecule is CCSC1CCCC1C(=O)O. The lowest BCUT2D eigenvalue weighted by atomic mass is 10.1. The fourth-order valence-electron chi connectivity index (χ4n) is 1.62. The molecule has 2 nitrogen and oxygen atoms in total. The third kappa shape index (κ3) is 2.12. The van der Waals surface area contributed by atoms with Crippen LogP contribution in [0.1, 0.15) is 26.2 Å². The number of hydrogen-bond acceptors (Lipinski definition) is 2. The summed E-state index contributed by atoms with van der Waals surface area (Å²) in [6.07, 6.45) is 3.07. The van der Waals surface area contributed by atoms with Crippen LogP contribution in [0.25, 0.3) is 0 Å². The van der Waals surface area contributed by atoms with Gasteiger partial charge in [0.1, 0.15) is 0 Å². The highest BCUT2D eigenvalue weighted by atomic mass is 32.2. The Hall–Kier alpha value is -0.180. The second kappa shape index (κ2) is 4.00. The first-order valence-electron chi connectivity index (χ1n) is 4.10. The predicted octanol–water partition coefficient (Wildman–Crippen LogP) is 1.99. The van der Waals surface area contributed by atoms with Gasteiger partial charge in [-0.1, -0.05) is 13.3 Å². The number of rotatable bonds is 3. The van der Waals surface area contributed by atoms with Gasteiger partial charge in [-0.25, -0.2) is 0 Å². The van der Waals surface area contributed by atoms with Gasteiger partial charge in [0.05, 0.1) is 5.92 Å². The van der Waals surface area contributed by atoms with Crippen molar-refractivity contribution in [2.24, 2.45) is 5.92 Å². The van der Waals surface area contributed by atoms with Crippen molar-refractivity contribution in [2.75, 3.05) is 5.75 Å². The molecule has 1 aliphatic carbocycles. The summed E-state index contributed by atoms with van der Waals surface area (Å²) in [4.78, 5) is 10.7. The van der Waals surface area contributed by atoms with Crippen molar-refractivity contribution in [3.63, 3.8) is 0 Å². The Morgan fingerprint density at radius 1 is 1.64 bits per heavy atom. The van der Waals surface area contributed by atoms with E-state index in [4.69, 9.17) is 5.11 Å². The number of carbonyl (C=O) groups is 1.